The maximum Gasteiger partial charge on any atom is 0.303 e. The van der Waals surface area contributed by atoms with E-state index in [0.29, 0.717) is 0 Å². The number of aliphatic carboxylic acids is 1. The Morgan fingerprint density at radius 1 is 1.40 bits per heavy atom. The van der Waals surface area contributed by atoms with E-state index in [1.54, 1.807) is 18.2 Å². The third-order valence-corrected chi connectivity index (χ3v) is 2.60. The fraction of sp³-hybridized carbons (Fsp3) is 0.455. The van der Waals surface area contributed by atoms with Gasteiger partial charge in [-0.1, -0.05) is 18.2 Å². The average molecular weight is 210 g/mol. The Kier molecular flexibility index (Phi) is 3.42. The van der Waals surface area contributed by atoms with Gasteiger partial charge >= 0.3 is 5.97 Å². The summed E-state index contributed by atoms with van der Waals surface area (Å²) in [5.74, 6) is -1.74. The first-order valence-electron chi connectivity index (χ1n) is 4.78. The summed E-state index contributed by atoms with van der Waals surface area (Å²) in [7, 11) is 0. The summed E-state index contributed by atoms with van der Waals surface area (Å²) in [5, 5.41) is 18.6. The minimum absolute atomic E-state index is 0.0571. The molecule has 4 heteroatoms. The lowest BCUT2D eigenvalue weighted by Crippen LogP contribution is -2.43. The van der Waals surface area contributed by atoms with Crippen molar-refractivity contribution in [2.45, 2.75) is 25.4 Å². The molecule has 0 amide bonds. The molecule has 2 N–H and O–H groups in total. The summed E-state index contributed by atoms with van der Waals surface area (Å²) >= 11 is 0. The van der Waals surface area contributed by atoms with Crippen molar-refractivity contribution in [3.63, 3.8) is 0 Å². The van der Waals surface area contributed by atoms with Crippen molar-refractivity contribution in [1.82, 2.24) is 0 Å². The normalized spacial score (nSPS) is 29.1. The van der Waals surface area contributed by atoms with Gasteiger partial charge in [-0.15, -0.1) is 0 Å². The second-order valence-electron chi connectivity index (χ2n) is 3.66. The van der Waals surface area contributed by atoms with E-state index in [9.17, 15) is 14.7 Å². The minimum atomic E-state index is -1.54. The standard InChI is InChI=1S/C11H14O4/c1-8(12)11(15)7-3-2-4-9(11)5-6-10(13)14/h2-4,7,9,15H,5-6H2,1H3,(H,13,14). The molecule has 2 unspecified atom stereocenters. The summed E-state index contributed by atoms with van der Waals surface area (Å²) in [5.41, 5.74) is -1.54. The molecule has 4 nitrogen and oxygen atoms in total. The molecule has 82 valence electrons. The molecule has 1 rings (SSSR count). The lowest BCUT2D eigenvalue weighted by atomic mass is 9.78. The molecule has 0 aliphatic heterocycles. The molecule has 2 atom stereocenters. The Bertz CT molecular complexity index is 329. The van der Waals surface area contributed by atoms with Crippen LogP contribution < -0.4 is 0 Å². The molecule has 0 saturated heterocycles. The Balaban J connectivity index is 2.77. The molecule has 0 aromatic carbocycles. The zero-order valence-electron chi connectivity index (χ0n) is 8.51. The maximum atomic E-state index is 11.3. The average Bonchev–Trinajstić information content (AvgIpc) is 2.16. The monoisotopic (exact) mass is 210 g/mol. The van der Waals surface area contributed by atoms with E-state index in [-0.39, 0.29) is 18.6 Å². The van der Waals surface area contributed by atoms with Crippen LogP contribution in [0, 0.1) is 5.92 Å². The summed E-state index contributed by atoms with van der Waals surface area (Å²) in [4.78, 5) is 21.7. The molecule has 0 fully saturated rings. The summed E-state index contributed by atoms with van der Waals surface area (Å²) < 4.78 is 0. The van der Waals surface area contributed by atoms with E-state index in [4.69, 9.17) is 5.11 Å². The molecular weight excluding hydrogens is 196 g/mol. The number of carbonyl (C=O) groups excluding carboxylic acids is 1. The van der Waals surface area contributed by atoms with Gasteiger partial charge in [-0.2, -0.15) is 0 Å². The van der Waals surface area contributed by atoms with Crippen molar-refractivity contribution in [2.24, 2.45) is 5.92 Å². The van der Waals surface area contributed by atoms with Gasteiger partial charge in [0.2, 0.25) is 0 Å². The Labute approximate surface area is 87.9 Å². The van der Waals surface area contributed by atoms with Gasteiger partial charge in [0.05, 0.1) is 0 Å². The Hall–Kier alpha value is -1.42. The van der Waals surface area contributed by atoms with Crippen LogP contribution in [0.1, 0.15) is 19.8 Å². The summed E-state index contributed by atoms with van der Waals surface area (Å²) in [6, 6.07) is 0. The van der Waals surface area contributed by atoms with Gasteiger partial charge in [0, 0.05) is 12.3 Å². The van der Waals surface area contributed by atoms with Crippen LogP contribution in [0.2, 0.25) is 0 Å². The fourth-order valence-corrected chi connectivity index (χ4v) is 1.64. The predicted molar refractivity (Wildman–Crippen MR) is 54.3 cm³/mol. The molecule has 0 aromatic rings. The smallest absolute Gasteiger partial charge is 0.303 e. The molecule has 0 bridgehead atoms. The summed E-state index contributed by atoms with van der Waals surface area (Å²) in [6.07, 6.45) is 6.60. The molecule has 1 aliphatic rings. The lowest BCUT2D eigenvalue weighted by Gasteiger charge is -2.30. The van der Waals surface area contributed by atoms with E-state index in [0.717, 1.165) is 0 Å². The van der Waals surface area contributed by atoms with Gasteiger partial charge in [0.1, 0.15) is 5.60 Å². The zero-order valence-corrected chi connectivity index (χ0v) is 8.51. The minimum Gasteiger partial charge on any atom is -0.481 e. The van der Waals surface area contributed by atoms with Crippen LogP contribution in [0.3, 0.4) is 0 Å². The zero-order chi connectivity index (χ0) is 11.5. The fourth-order valence-electron chi connectivity index (χ4n) is 1.64. The topological polar surface area (TPSA) is 74.6 Å². The number of hydrogen-bond donors (Lipinski definition) is 2. The predicted octanol–water partition coefficient (Wildman–Crippen LogP) is 0.913. The van der Waals surface area contributed by atoms with Crippen LogP contribution in [0.4, 0.5) is 0 Å². The number of carbonyl (C=O) groups is 2. The first kappa shape index (κ1) is 11.7. The highest BCUT2D eigenvalue weighted by Gasteiger charge is 2.38. The number of Topliss-reactive ketones (excluding diaryl/α,β-unsaturated/α-hetero) is 1. The van der Waals surface area contributed by atoms with Gasteiger partial charge in [-0.05, 0) is 19.4 Å². The highest BCUT2D eigenvalue weighted by molar-refractivity contribution is 5.88. The van der Waals surface area contributed by atoms with Gasteiger partial charge in [0.25, 0.3) is 0 Å². The number of allylic oxidation sites excluding steroid dienone is 2. The number of carboxylic acid groups (broad SMARTS) is 1. The van der Waals surface area contributed by atoms with Crippen LogP contribution in [0.15, 0.2) is 24.3 Å². The molecule has 1 aliphatic carbocycles. The molecule has 0 radical (unpaired) electrons. The molecule has 0 saturated carbocycles. The van der Waals surface area contributed by atoms with Crippen LogP contribution >= 0.6 is 0 Å². The van der Waals surface area contributed by atoms with Gasteiger partial charge in [0.15, 0.2) is 5.78 Å². The van der Waals surface area contributed by atoms with Crippen molar-refractivity contribution in [3.8, 4) is 0 Å². The molecule has 0 spiro atoms. The molecular formula is C11H14O4. The van der Waals surface area contributed by atoms with E-state index in [2.05, 4.69) is 0 Å². The van der Waals surface area contributed by atoms with Crippen LogP contribution in [0.25, 0.3) is 0 Å². The van der Waals surface area contributed by atoms with Gasteiger partial charge in [-0.25, -0.2) is 0 Å². The van der Waals surface area contributed by atoms with E-state index in [1.807, 2.05) is 0 Å². The quantitative estimate of drug-likeness (QED) is 0.723. The number of rotatable bonds is 4. The molecule has 15 heavy (non-hydrogen) atoms. The van der Waals surface area contributed by atoms with Crippen LogP contribution in [0.5, 0.6) is 0 Å². The molecule has 0 aromatic heterocycles. The highest BCUT2D eigenvalue weighted by atomic mass is 16.4. The van der Waals surface area contributed by atoms with Gasteiger partial charge < -0.3 is 10.2 Å². The molecule has 0 heterocycles. The van der Waals surface area contributed by atoms with Crippen molar-refractivity contribution in [2.75, 3.05) is 0 Å². The van der Waals surface area contributed by atoms with Crippen molar-refractivity contribution in [1.29, 1.82) is 0 Å². The van der Waals surface area contributed by atoms with Crippen LogP contribution in [-0.4, -0.2) is 27.6 Å². The van der Waals surface area contributed by atoms with E-state index < -0.39 is 17.5 Å². The van der Waals surface area contributed by atoms with Crippen molar-refractivity contribution < 1.29 is 19.8 Å². The number of carboxylic acids is 1. The number of aliphatic hydroxyl groups is 1. The Morgan fingerprint density at radius 3 is 2.60 bits per heavy atom. The number of ketones is 1. The Morgan fingerprint density at radius 2 is 2.07 bits per heavy atom. The van der Waals surface area contributed by atoms with Gasteiger partial charge in [-0.3, -0.25) is 9.59 Å². The third-order valence-electron chi connectivity index (χ3n) is 2.60. The SMILES string of the molecule is CC(=O)C1(O)C=CC=CC1CCC(=O)O. The highest BCUT2D eigenvalue weighted by Crippen LogP contribution is 2.29. The maximum absolute atomic E-state index is 11.3. The van der Waals surface area contributed by atoms with Crippen molar-refractivity contribution in [3.05, 3.63) is 24.3 Å². The second kappa shape index (κ2) is 4.40. The lowest BCUT2D eigenvalue weighted by molar-refractivity contribution is -0.139. The number of hydrogen-bond acceptors (Lipinski definition) is 3. The summed E-state index contributed by atoms with van der Waals surface area (Å²) in [6.45, 7) is 1.30. The first-order valence-corrected chi connectivity index (χ1v) is 4.78. The van der Waals surface area contributed by atoms with Crippen LogP contribution in [-0.2, 0) is 9.59 Å². The second-order valence-corrected chi connectivity index (χ2v) is 3.66. The largest absolute Gasteiger partial charge is 0.481 e. The van der Waals surface area contributed by atoms with E-state index in [1.165, 1.54) is 13.0 Å². The third kappa shape index (κ3) is 2.53. The first-order chi connectivity index (χ1) is 6.97. The van der Waals surface area contributed by atoms with E-state index >= 15 is 0 Å². The van der Waals surface area contributed by atoms with Crippen molar-refractivity contribution >= 4 is 11.8 Å².